The highest BCUT2D eigenvalue weighted by atomic mass is 35.5. The smallest absolute Gasteiger partial charge is 0.253 e. The van der Waals surface area contributed by atoms with Gasteiger partial charge in [0.2, 0.25) is 5.91 Å². The van der Waals surface area contributed by atoms with Crippen molar-refractivity contribution in [3.63, 3.8) is 0 Å². The van der Waals surface area contributed by atoms with Crippen molar-refractivity contribution in [2.75, 3.05) is 32.7 Å². The Balaban J connectivity index is 0.00000225. The van der Waals surface area contributed by atoms with Gasteiger partial charge in [-0.3, -0.25) is 9.59 Å². The summed E-state index contributed by atoms with van der Waals surface area (Å²) >= 11 is 0. The number of rotatable bonds is 3. The molecule has 1 aromatic carbocycles. The van der Waals surface area contributed by atoms with Gasteiger partial charge in [-0.05, 0) is 49.6 Å². The maximum absolute atomic E-state index is 12.9. The third-order valence-corrected chi connectivity index (χ3v) is 5.34. The Hall–Kier alpha value is -2.38. The molecule has 0 saturated carbocycles. The zero-order valence-corrected chi connectivity index (χ0v) is 16.8. The van der Waals surface area contributed by atoms with Gasteiger partial charge in [-0.25, -0.2) is 4.68 Å². The van der Waals surface area contributed by atoms with Crippen LogP contribution >= 0.6 is 12.4 Å². The molecule has 1 unspecified atom stereocenters. The molecule has 2 aliphatic rings. The number of nitrogens with one attached hydrogen (secondary N) is 1. The molecular formula is C20H26ClN5O2. The van der Waals surface area contributed by atoms with E-state index in [9.17, 15) is 9.59 Å². The average Bonchev–Trinajstić information content (AvgIpc) is 3.14. The van der Waals surface area contributed by atoms with Crippen LogP contribution in [0.1, 0.15) is 28.8 Å². The average molecular weight is 404 g/mol. The lowest BCUT2D eigenvalue weighted by molar-refractivity contribution is -0.135. The van der Waals surface area contributed by atoms with Gasteiger partial charge in [0.15, 0.2) is 0 Å². The van der Waals surface area contributed by atoms with Crippen LogP contribution < -0.4 is 5.32 Å². The lowest BCUT2D eigenvalue weighted by atomic mass is 10.0. The zero-order chi connectivity index (χ0) is 18.8. The van der Waals surface area contributed by atoms with Gasteiger partial charge in [0.05, 0.1) is 18.4 Å². The first-order valence-electron chi connectivity index (χ1n) is 9.53. The number of hydrogen-bond acceptors (Lipinski definition) is 4. The number of halogens is 1. The number of aromatic nitrogens is 2. The van der Waals surface area contributed by atoms with Crippen LogP contribution in [0.2, 0.25) is 0 Å². The molecule has 2 saturated heterocycles. The van der Waals surface area contributed by atoms with Crippen LogP contribution in [0, 0.1) is 6.92 Å². The minimum absolute atomic E-state index is 0. The Morgan fingerprint density at radius 2 is 2.00 bits per heavy atom. The molecule has 7 nitrogen and oxygen atoms in total. The minimum atomic E-state index is 0. The number of nitrogens with zero attached hydrogens (tertiary/aromatic N) is 4. The van der Waals surface area contributed by atoms with Crippen LogP contribution in [-0.4, -0.2) is 70.2 Å². The second-order valence-corrected chi connectivity index (χ2v) is 7.32. The summed E-state index contributed by atoms with van der Waals surface area (Å²) in [6.07, 6.45) is 5.66. The van der Waals surface area contributed by atoms with E-state index < -0.39 is 0 Å². The molecule has 1 atom stereocenters. The Labute approximate surface area is 171 Å². The predicted molar refractivity (Wildman–Crippen MR) is 109 cm³/mol. The normalized spacial score (nSPS) is 20.0. The number of aryl methyl sites for hydroxylation is 1. The van der Waals surface area contributed by atoms with Crippen molar-refractivity contribution in [1.82, 2.24) is 24.9 Å². The Kier molecular flexibility index (Phi) is 6.36. The van der Waals surface area contributed by atoms with Crippen LogP contribution in [0.3, 0.4) is 0 Å². The maximum atomic E-state index is 12.9. The van der Waals surface area contributed by atoms with E-state index in [1.807, 2.05) is 53.4 Å². The lowest BCUT2D eigenvalue weighted by Gasteiger charge is -2.41. The number of hydrogen-bond donors (Lipinski definition) is 1. The molecule has 0 spiro atoms. The lowest BCUT2D eigenvalue weighted by Crippen LogP contribution is -2.57. The van der Waals surface area contributed by atoms with Gasteiger partial charge in [0.1, 0.15) is 0 Å². The molecule has 0 radical (unpaired) electrons. The van der Waals surface area contributed by atoms with Gasteiger partial charge in [-0.15, -0.1) is 12.4 Å². The van der Waals surface area contributed by atoms with E-state index in [4.69, 9.17) is 0 Å². The maximum Gasteiger partial charge on any atom is 0.253 e. The molecular weight excluding hydrogens is 378 g/mol. The monoisotopic (exact) mass is 403 g/mol. The Morgan fingerprint density at radius 3 is 2.68 bits per heavy atom. The van der Waals surface area contributed by atoms with Crippen molar-refractivity contribution in [3.8, 4) is 5.69 Å². The molecule has 28 heavy (non-hydrogen) atoms. The van der Waals surface area contributed by atoms with Crippen molar-refractivity contribution >= 4 is 24.2 Å². The summed E-state index contributed by atoms with van der Waals surface area (Å²) in [5, 5.41) is 7.40. The number of benzene rings is 1. The molecule has 1 aromatic heterocycles. The molecule has 150 valence electrons. The summed E-state index contributed by atoms with van der Waals surface area (Å²) in [5.41, 5.74) is 2.70. The van der Waals surface area contributed by atoms with Gasteiger partial charge in [0.25, 0.3) is 5.91 Å². The van der Waals surface area contributed by atoms with E-state index in [0.29, 0.717) is 18.7 Å². The molecule has 2 fully saturated rings. The van der Waals surface area contributed by atoms with E-state index in [0.717, 1.165) is 43.7 Å². The van der Waals surface area contributed by atoms with Gasteiger partial charge in [0, 0.05) is 44.0 Å². The van der Waals surface area contributed by atoms with Crippen molar-refractivity contribution in [2.24, 2.45) is 0 Å². The number of likely N-dealkylation sites (tertiary alicyclic amines) is 1. The molecule has 2 aliphatic heterocycles. The number of piperazine rings is 1. The molecule has 2 amide bonds. The highest BCUT2D eigenvalue weighted by Gasteiger charge is 2.31. The molecule has 2 aromatic rings. The fourth-order valence-corrected chi connectivity index (χ4v) is 3.89. The van der Waals surface area contributed by atoms with E-state index in [1.54, 1.807) is 4.68 Å². The summed E-state index contributed by atoms with van der Waals surface area (Å²) in [7, 11) is 0. The highest BCUT2D eigenvalue weighted by Crippen LogP contribution is 2.20. The van der Waals surface area contributed by atoms with Crippen LogP contribution in [0.15, 0.2) is 36.7 Å². The summed E-state index contributed by atoms with van der Waals surface area (Å²) in [6, 6.07) is 7.67. The van der Waals surface area contributed by atoms with Crippen LogP contribution in [0.5, 0.6) is 0 Å². The summed E-state index contributed by atoms with van der Waals surface area (Å²) < 4.78 is 1.80. The fourth-order valence-electron chi connectivity index (χ4n) is 3.89. The number of carbonyl (C=O) groups is 2. The van der Waals surface area contributed by atoms with E-state index in [1.165, 1.54) is 0 Å². The van der Waals surface area contributed by atoms with Crippen molar-refractivity contribution in [2.45, 2.75) is 25.8 Å². The van der Waals surface area contributed by atoms with Gasteiger partial charge in [-0.1, -0.05) is 0 Å². The first-order valence-corrected chi connectivity index (χ1v) is 9.53. The van der Waals surface area contributed by atoms with E-state index in [2.05, 4.69) is 10.4 Å². The quantitative estimate of drug-likeness (QED) is 0.845. The topological polar surface area (TPSA) is 70.5 Å². The number of piperidine rings is 1. The molecule has 8 heteroatoms. The van der Waals surface area contributed by atoms with Crippen molar-refractivity contribution in [1.29, 1.82) is 0 Å². The fraction of sp³-hybridized carbons (Fsp3) is 0.450. The van der Waals surface area contributed by atoms with Gasteiger partial charge in [-0.2, -0.15) is 5.10 Å². The third kappa shape index (κ3) is 4.20. The Morgan fingerprint density at radius 1 is 1.21 bits per heavy atom. The second kappa shape index (κ2) is 8.75. The minimum Gasteiger partial charge on any atom is -0.337 e. The first-order chi connectivity index (χ1) is 13.1. The van der Waals surface area contributed by atoms with E-state index in [-0.39, 0.29) is 30.3 Å². The molecule has 3 heterocycles. The predicted octanol–water partition coefficient (Wildman–Crippen LogP) is 1.64. The standard InChI is InChI=1S/C20H25N5O2.ClH/c1-15-11-22-25(13-15)17-6-4-16(5-7-17)20(27)23-9-2-3-18(14-23)24-10-8-21-12-19(24)26;/h4-7,11,13,18,21H,2-3,8-10,12,14H2,1H3;1H. The summed E-state index contributed by atoms with van der Waals surface area (Å²) in [6.45, 7) is 5.31. The largest absolute Gasteiger partial charge is 0.337 e. The summed E-state index contributed by atoms with van der Waals surface area (Å²) in [4.78, 5) is 28.9. The van der Waals surface area contributed by atoms with Crippen molar-refractivity contribution < 1.29 is 9.59 Å². The van der Waals surface area contributed by atoms with Crippen LogP contribution in [0.4, 0.5) is 0 Å². The SMILES string of the molecule is Cc1cnn(-c2ccc(C(=O)N3CCCC(N4CCNCC4=O)C3)cc2)c1.Cl. The Bertz CT molecular complexity index is 835. The highest BCUT2D eigenvalue weighted by molar-refractivity contribution is 5.94. The second-order valence-electron chi connectivity index (χ2n) is 7.32. The molecule has 4 rings (SSSR count). The third-order valence-electron chi connectivity index (χ3n) is 5.34. The van der Waals surface area contributed by atoms with Gasteiger partial charge < -0.3 is 15.1 Å². The van der Waals surface area contributed by atoms with Crippen LogP contribution in [-0.2, 0) is 4.79 Å². The van der Waals surface area contributed by atoms with Crippen LogP contribution in [0.25, 0.3) is 5.69 Å². The van der Waals surface area contributed by atoms with E-state index >= 15 is 0 Å². The number of carbonyl (C=O) groups excluding carboxylic acids is 2. The first kappa shape index (κ1) is 20.4. The summed E-state index contributed by atoms with van der Waals surface area (Å²) in [5.74, 6) is 0.171. The zero-order valence-electron chi connectivity index (χ0n) is 16.0. The van der Waals surface area contributed by atoms with Gasteiger partial charge >= 0.3 is 0 Å². The number of amides is 2. The van der Waals surface area contributed by atoms with Crippen molar-refractivity contribution in [3.05, 3.63) is 47.8 Å². The molecule has 1 N–H and O–H groups in total. The molecule has 0 bridgehead atoms. The molecule has 0 aliphatic carbocycles.